The van der Waals surface area contributed by atoms with Crippen LogP contribution in [-0.4, -0.2) is 28.5 Å². The Morgan fingerprint density at radius 3 is 2.82 bits per heavy atom. The van der Waals surface area contributed by atoms with Crippen LogP contribution in [-0.2, 0) is 9.53 Å². The smallest absolute Gasteiger partial charge is 0.338 e. The number of anilines is 1. The highest BCUT2D eigenvalue weighted by molar-refractivity contribution is 9.10. The van der Waals surface area contributed by atoms with Crippen molar-refractivity contribution in [2.45, 2.75) is 0 Å². The van der Waals surface area contributed by atoms with Gasteiger partial charge in [-0.2, -0.15) is 0 Å². The Labute approximate surface area is 171 Å². The lowest BCUT2D eigenvalue weighted by Gasteiger charge is -2.04. The molecule has 0 radical (unpaired) electrons. The molecule has 9 heteroatoms. The van der Waals surface area contributed by atoms with Crippen molar-refractivity contribution in [3.63, 3.8) is 0 Å². The van der Waals surface area contributed by atoms with Gasteiger partial charge in [0.2, 0.25) is 0 Å². The quantitative estimate of drug-likeness (QED) is 0.443. The zero-order chi connectivity index (χ0) is 19.5. The zero-order valence-electron chi connectivity index (χ0n) is 14.2. The molecule has 0 aliphatic heterocycles. The Bertz CT molecular complexity index is 1150. The van der Waals surface area contributed by atoms with E-state index in [0.29, 0.717) is 21.8 Å². The van der Waals surface area contributed by atoms with Gasteiger partial charge in [0, 0.05) is 15.4 Å². The summed E-state index contributed by atoms with van der Waals surface area (Å²) in [6.07, 6.45) is 1.30. The molecule has 0 spiro atoms. The number of aromatic nitrogens is 2. The molecule has 0 saturated heterocycles. The molecule has 0 fully saturated rings. The number of nitrogens with one attached hydrogen (secondary N) is 1. The third-order valence-electron chi connectivity index (χ3n) is 3.79. The van der Waals surface area contributed by atoms with Gasteiger partial charge in [-0.3, -0.25) is 10.1 Å². The minimum Gasteiger partial charge on any atom is -0.452 e. The largest absolute Gasteiger partial charge is 0.452 e. The van der Waals surface area contributed by atoms with Crippen molar-refractivity contribution in [3.8, 4) is 11.3 Å². The number of amides is 1. The Hall–Kier alpha value is -3.04. The lowest BCUT2D eigenvalue weighted by atomic mass is 10.2. The van der Waals surface area contributed by atoms with E-state index in [2.05, 4.69) is 31.2 Å². The number of rotatable bonds is 5. The minimum absolute atomic E-state index is 0.293. The number of esters is 1. The molecule has 0 saturated carbocycles. The van der Waals surface area contributed by atoms with E-state index in [1.54, 1.807) is 18.2 Å². The van der Waals surface area contributed by atoms with Crippen LogP contribution in [0.2, 0.25) is 0 Å². The van der Waals surface area contributed by atoms with Gasteiger partial charge in [-0.15, -0.1) is 11.3 Å². The second-order valence-corrected chi connectivity index (χ2v) is 7.48. The first-order valence-corrected chi connectivity index (χ1v) is 9.77. The number of carbonyl (C=O) groups excluding carboxylic acids is 2. The molecule has 1 amide bonds. The number of hydrogen-bond donors (Lipinski definition) is 1. The molecule has 140 valence electrons. The maximum atomic E-state index is 12.1. The second kappa shape index (κ2) is 7.91. The average Bonchev–Trinajstić information content (AvgIpc) is 3.35. The molecule has 0 aliphatic rings. The monoisotopic (exact) mass is 457 g/mol. The molecule has 0 unspecified atom stereocenters. The Morgan fingerprint density at radius 1 is 1.18 bits per heavy atom. The fourth-order valence-corrected chi connectivity index (χ4v) is 3.44. The summed E-state index contributed by atoms with van der Waals surface area (Å²) in [5.74, 6) is -1.08. The number of carbonyl (C=O) groups is 2. The maximum Gasteiger partial charge on any atom is 0.338 e. The summed E-state index contributed by atoms with van der Waals surface area (Å²) in [4.78, 5) is 32.5. The first-order chi connectivity index (χ1) is 13.6. The van der Waals surface area contributed by atoms with E-state index in [4.69, 9.17) is 9.15 Å². The van der Waals surface area contributed by atoms with E-state index in [1.165, 1.54) is 17.7 Å². The van der Waals surface area contributed by atoms with Gasteiger partial charge >= 0.3 is 5.97 Å². The number of thiazole rings is 1. The van der Waals surface area contributed by atoms with Crippen LogP contribution in [0.25, 0.3) is 22.4 Å². The summed E-state index contributed by atoms with van der Waals surface area (Å²) >= 11 is 4.68. The number of nitrogens with zero attached hydrogens (tertiary/aromatic N) is 2. The van der Waals surface area contributed by atoms with Crippen LogP contribution in [0.1, 0.15) is 10.4 Å². The van der Waals surface area contributed by atoms with E-state index < -0.39 is 18.5 Å². The topological polar surface area (TPSA) is 94.3 Å². The molecule has 2 heterocycles. The number of hydrogen-bond acceptors (Lipinski definition) is 7. The third-order valence-corrected chi connectivity index (χ3v) is 5.08. The van der Waals surface area contributed by atoms with Gasteiger partial charge in [-0.25, -0.2) is 14.8 Å². The summed E-state index contributed by atoms with van der Waals surface area (Å²) in [6, 6.07) is 12.4. The fraction of sp³-hybridized carbons (Fsp3) is 0.0526. The predicted molar refractivity (Wildman–Crippen MR) is 108 cm³/mol. The van der Waals surface area contributed by atoms with Crippen LogP contribution >= 0.6 is 27.3 Å². The van der Waals surface area contributed by atoms with Gasteiger partial charge in [0.15, 0.2) is 23.7 Å². The van der Waals surface area contributed by atoms with E-state index in [1.807, 2.05) is 29.6 Å². The zero-order valence-corrected chi connectivity index (χ0v) is 16.6. The van der Waals surface area contributed by atoms with Crippen LogP contribution in [0, 0.1) is 0 Å². The first-order valence-electron chi connectivity index (χ1n) is 8.10. The lowest BCUT2D eigenvalue weighted by Crippen LogP contribution is -2.20. The van der Waals surface area contributed by atoms with Gasteiger partial charge < -0.3 is 9.15 Å². The van der Waals surface area contributed by atoms with E-state index in [-0.39, 0.29) is 0 Å². The number of oxazole rings is 1. The summed E-state index contributed by atoms with van der Waals surface area (Å²) in [5, 5.41) is 4.91. The summed E-state index contributed by atoms with van der Waals surface area (Å²) in [5.41, 5.74) is 3.10. The normalized spacial score (nSPS) is 10.8. The van der Waals surface area contributed by atoms with Crippen molar-refractivity contribution >= 4 is 55.4 Å². The van der Waals surface area contributed by atoms with E-state index in [9.17, 15) is 9.59 Å². The standard InChI is InChI=1S/C19H12BrN3O4S/c20-13-4-1-11(2-5-13)15-9-28-19(22-15)23-17(24)8-26-18(25)12-3-6-16-14(7-12)21-10-27-16/h1-7,9-10H,8H2,(H,22,23,24). The van der Waals surface area contributed by atoms with Crippen LogP contribution in [0.3, 0.4) is 0 Å². The predicted octanol–water partition coefficient (Wildman–Crippen LogP) is 4.51. The van der Waals surface area contributed by atoms with Gasteiger partial charge in [-0.1, -0.05) is 28.1 Å². The molecular weight excluding hydrogens is 446 g/mol. The van der Waals surface area contributed by atoms with Crippen molar-refractivity contribution in [1.82, 2.24) is 9.97 Å². The molecule has 2 aromatic heterocycles. The molecule has 0 aliphatic carbocycles. The highest BCUT2D eigenvalue weighted by atomic mass is 79.9. The second-order valence-electron chi connectivity index (χ2n) is 5.70. The van der Waals surface area contributed by atoms with Crippen LogP contribution in [0.5, 0.6) is 0 Å². The minimum atomic E-state index is -0.616. The Kier molecular flexibility index (Phi) is 5.18. The molecule has 1 N–H and O–H groups in total. The van der Waals surface area contributed by atoms with Crippen molar-refractivity contribution in [2.75, 3.05) is 11.9 Å². The van der Waals surface area contributed by atoms with Crippen molar-refractivity contribution in [2.24, 2.45) is 0 Å². The van der Waals surface area contributed by atoms with Gasteiger partial charge in [0.25, 0.3) is 5.91 Å². The number of halogens is 1. The Morgan fingerprint density at radius 2 is 2.00 bits per heavy atom. The van der Waals surface area contributed by atoms with Crippen LogP contribution in [0.4, 0.5) is 5.13 Å². The van der Waals surface area contributed by atoms with Crippen LogP contribution < -0.4 is 5.32 Å². The number of fused-ring (bicyclic) bond motifs is 1. The summed E-state index contributed by atoms with van der Waals surface area (Å²) in [6.45, 7) is -0.414. The van der Waals surface area contributed by atoms with Gasteiger partial charge in [0.1, 0.15) is 5.52 Å². The number of ether oxygens (including phenoxy) is 1. The molecule has 2 aromatic carbocycles. The van der Waals surface area contributed by atoms with Gasteiger partial charge in [-0.05, 0) is 30.3 Å². The molecule has 0 bridgehead atoms. The van der Waals surface area contributed by atoms with Crippen LogP contribution in [0.15, 0.2) is 63.1 Å². The molecule has 7 nitrogen and oxygen atoms in total. The SMILES string of the molecule is O=C(COC(=O)c1ccc2ocnc2c1)Nc1nc(-c2ccc(Br)cc2)cs1. The summed E-state index contributed by atoms with van der Waals surface area (Å²) in [7, 11) is 0. The molecular formula is C19H12BrN3O4S. The van der Waals surface area contributed by atoms with Crippen molar-refractivity contribution in [1.29, 1.82) is 0 Å². The lowest BCUT2D eigenvalue weighted by molar-refractivity contribution is -0.119. The van der Waals surface area contributed by atoms with E-state index in [0.717, 1.165) is 15.7 Å². The highest BCUT2D eigenvalue weighted by Crippen LogP contribution is 2.26. The van der Waals surface area contributed by atoms with Crippen molar-refractivity contribution in [3.05, 3.63) is 64.3 Å². The average molecular weight is 458 g/mol. The Balaban J connectivity index is 1.34. The molecule has 4 aromatic rings. The van der Waals surface area contributed by atoms with E-state index >= 15 is 0 Å². The van der Waals surface area contributed by atoms with Gasteiger partial charge in [0.05, 0.1) is 11.3 Å². The molecule has 28 heavy (non-hydrogen) atoms. The summed E-state index contributed by atoms with van der Waals surface area (Å²) < 4.78 is 11.2. The third kappa shape index (κ3) is 4.10. The molecule has 4 rings (SSSR count). The number of benzene rings is 2. The highest BCUT2D eigenvalue weighted by Gasteiger charge is 2.13. The van der Waals surface area contributed by atoms with Crippen molar-refractivity contribution < 1.29 is 18.7 Å². The fourth-order valence-electron chi connectivity index (χ4n) is 2.44. The molecule has 0 atom stereocenters. The maximum absolute atomic E-state index is 12.1. The first kappa shape index (κ1) is 18.3.